The Kier molecular flexibility index (Phi) is 12.4. The number of halogens is 1. The molecule has 5 rings (SSSR count). The van der Waals surface area contributed by atoms with Crippen LogP contribution in [0.5, 0.6) is 23.0 Å². The summed E-state index contributed by atoms with van der Waals surface area (Å²) in [5.41, 5.74) is 1.46. The molecule has 1 aromatic heterocycles. The van der Waals surface area contributed by atoms with Crippen molar-refractivity contribution in [3.63, 3.8) is 0 Å². The van der Waals surface area contributed by atoms with E-state index in [1.165, 1.54) is 29.2 Å². The van der Waals surface area contributed by atoms with Crippen molar-refractivity contribution in [1.29, 1.82) is 0 Å². The fraction of sp³-hybridized carbons (Fsp3) is 0.225. The number of anilines is 1. The van der Waals surface area contributed by atoms with Gasteiger partial charge in [-0.3, -0.25) is 24.0 Å². The van der Waals surface area contributed by atoms with E-state index in [0.717, 1.165) is 0 Å². The molecule has 1 amide bonds. The highest BCUT2D eigenvalue weighted by Crippen LogP contribution is 2.34. The van der Waals surface area contributed by atoms with Crippen molar-refractivity contribution in [3.8, 4) is 23.0 Å². The minimum Gasteiger partial charge on any atom is -0.463 e. The Balaban J connectivity index is 1.14. The van der Waals surface area contributed by atoms with Crippen LogP contribution in [-0.2, 0) is 14.4 Å². The van der Waals surface area contributed by atoms with Crippen molar-refractivity contribution in [2.24, 2.45) is 11.8 Å². The number of hydrogen-bond acceptors (Lipinski definition) is 10. The smallest absolute Gasteiger partial charge is 0.314 e. The number of allylic oxidation sites excluding steroid dienone is 2. The van der Waals surface area contributed by atoms with Crippen molar-refractivity contribution < 1.29 is 42.9 Å². The SMILES string of the molecule is C=C(C)Oc1ccc(OC(=O)C2CCC(C(=O)Oc3ccc(C(=O)N(C)c4ccc(OC(C)=O)cc4)cc3)CC2)c(/C=C/C(=O)c2ccc(Cl)s2)c1. The number of nitrogens with zero attached hydrogens (tertiary/aromatic N) is 1. The Morgan fingerprint density at radius 2 is 1.33 bits per heavy atom. The van der Waals surface area contributed by atoms with Crippen molar-refractivity contribution in [3.05, 3.63) is 118 Å². The fourth-order valence-electron chi connectivity index (χ4n) is 5.54. The summed E-state index contributed by atoms with van der Waals surface area (Å²) in [4.78, 5) is 65.1. The molecule has 1 aliphatic rings. The van der Waals surface area contributed by atoms with Gasteiger partial charge in [0.15, 0.2) is 5.78 Å². The molecule has 0 aliphatic heterocycles. The van der Waals surface area contributed by atoms with Crippen LogP contribution in [0, 0.1) is 11.8 Å². The van der Waals surface area contributed by atoms with E-state index in [1.807, 2.05) is 0 Å². The Bertz CT molecular complexity index is 2010. The van der Waals surface area contributed by atoms with Crippen LogP contribution >= 0.6 is 22.9 Å². The Morgan fingerprint density at radius 3 is 1.90 bits per heavy atom. The molecule has 1 saturated carbocycles. The molecule has 1 heterocycles. The maximum absolute atomic E-state index is 13.3. The minimum atomic E-state index is -0.434. The van der Waals surface area contributed by atoms with Gasteiger partial charge in [-0.2, -0.15) is 0 Å². The first kappa shape index (κ1) is 37.7. The molecule has 52 heavy (non-hydrogen) atoms. The van der Waals surface area contributed by atoms with Gasteiger partial charge in [-0.1, -0.05) is 18.2 Å². The predicted molar refractivity (Wildman–Crippen MR) is 198 cm³/mol. The normalized spacial score (nSPS) is 15.4. The van der Waals surface area contributed by atoms with Gasteiger partial charge >= 0.3 is 17.9 Å². The quantitative estimate of drug-likeness (QED) is 0.0461. The molecule has 4 aromatic rings. The number of ketones is 1. The molecule has 12 heteroatoms. The largest absolute Gasteiger partial charge is 0.463 e. The topological polar surface area (TPSA) is 126 Å². The molecule has 268 valence electrons. The van der Waals surface area contributed by atoms with E-state index >= 15 is 0 Å². The zero-order chi connectivity index (χ0) is 37.4. The van der Waals surface area contributed by atoms with Crippen molar-refractivity contribution >= 4 is 64.3 Å². The Hall–Kier alpha value is -5.52. The van der Waals surface area contributed by atoms with Gasteiger partial charge in [0.2, 0.25) is 0 Å². The van der Waals surface area contributed by atoms with Crippen LogP contribution in [0.2, 0.25) is 4.34 Å². The standard InChI is InChI=1S/C40H36ClNO9S/c1-24(2)48-33-18-20-35(29(23-33)11-19-34(44)36-21-22-37(41)52-36)51-40(47)28-7-5-27(6-8-28)39(46)50-32-14-9-26(10-15-32)38(45)42(4)30-12-16-31(17-13-30)49-25(3)43/h9-23,27-28H,1,5-8H2,2-4H3/b19-11+. The molecule has 0 saturated heterocycles. The first-order valence-corrected chi connectivity index (χ1v) is 17.6. The van der Waals surface area contributed by atoms with Crippen molar-refractivity contribution in [2.75, 3.05) is 11.9 Å². The molecule has 1 aliphatic carbocycles. The number of amides is 1. The molecule has 0 atom stereocenters. The highest BCUT2D eigenvalue weighted by atomic mass is 35.5. The summed E-state index contributed by atoms with van der Waals surface area (Å²) in [5.74, 6) is -0.752. The zero-order valence-electron chi connectivity index (χ0n) is 28.8. The lowest BCUT2D eigenvalue weighted by atomic mass is 9.82. The summed E-state index contributed by atoms with van der Waals surface area (Å²) in [6, 6.07) is 21.0. The van der Waals surface area contributed by atoms with Crippen LogP contribution in [0.25, 0.3) is 6.08 Å². The second-order valence-electron chi connectivity index (χ2n) is 12.2. The summed E-state index contributed by atoms with van der Waals surface area (Å²) >= 11 is 7.14. The highest BCUT2D eigenvalue weighted by Gasteiger charge is 2.32. The van der Waals surface area contributed by atoms with Gasteiger partial charge in [-0.25, -0.2) is 0 Å². The molecule has 0 N–H and O–H groups in total. The summed E-state index contributed by atoms with van der Waals surface area (Å²) in [6.45, 7) is 6.77. The molecule has 0 bridgehead atoms. The summed E-state index contributed by atoms with van der Waals surface area (Å²) < 4.78 is 22.6. The van der Waals surface area contributed by atoms with E-state index in [-0.39, 0.29) is 17.4 Å². The second kappa shape index (κ2) is 17.1. The summed E-state index contributed by atoms with van der Waals surface area (Å²) in [5, 5.41) is 0. The van der Waals surface area contributed by atoms with Gasteiger partial charge in [-0.05, 0) is 124 Å². The van der Waals surface area contributed by atoms with Gasteiger partial charge in [0.05, 0.1) is 26.8 Å². The third-order valence-corrected chi connectivity index (χ3v) is 9.46. The van der Waals surface area contributed by atoms with E-state index in [9.17, 15) is 24.0 Å². The minimum absolute atomic E-state index is 0.246. The average molecular weight is 742 g/mol. The Morgan fingerprint density at radius 1 is 0.750 bits per heavy atom. The van der Waals surface area contributed by atoms with E-state index in [2.05, 4.69) is 6.58 Å². The number of ether oxygens (including phenoxy) is 4. The monoisotopic (exact) mass is 741 g/mol. The van der Waals surface area contributed by atoms with E-state index in [1.54, 1.807) is 98.9 Å². The van der Waals surface area contributed by atoms with Gasteiger partial charge in [0, 0.05) is 30.8 Å². The lowest BCUT2D eigenvalue weighted by molar-refractivity contribution is -0.145. The van der Waals surface area contributed by atoms with E-state index in [0.29, 0.717) is 74.7 Å². The van der Waals surface area contributed by atoms with Crippen LogP contribution in [0.4, 0.5) is 5.69 Å². The average Bonchev–Trinajstić information content (AvgIpc) is 3.57. The summed E-state index contributed by atoms with van der Waals surface area (Å²) in [7, 11) is 1.63. The molecular weight excluding hydrogens is 706 g/mol. The van der Waals surface area contributed by atoms with Gasteiger partial charge in [0.25, 0.3) is 5.91 Å². The maximum Gasteiger partial charge on any atom is 0.314 e. The number of thiophene rings is 1. The Labute approximate surface area is 310 Å². The first-order chi connectivity index (χ1) is 24.9. The second-order valence-corrected chi connectivity index (χ2v) is 13.9. The molecule has 0 unspecified atom stereocenters. The number of benzene rings is 3. The fourth-order valence-corrected chi connectivity index (χ4v) is 6.51. The third kappa shape index (κ3) is 10.0. The van der Waals surface area contributed by atoms with Crippen LogP contribution in [-0.4, -0.2) is 36.6 Å². The molecular formula is C40H36ClNO9S. The summed E-state index contributed by atoms with van der Waals surface area (Å²) in [6.07, 6.45) is 4.68. The number of rotatable bonds is 12. The molecule has 0 radical (unpaired) electrons. The van der Waals surface area contributed by atoms with Crippen LogP contribution < -0.4 is 23.8 Å². The number of carbonyl (C=O) groups is 5. The van der Waals surface area contributed by atoms with Gasteiger partial charge < -0.3 is 23.8 Å². The van der Waals surface area contributed by atoms with E-state index < -0.39 is 29.7 Å². The predicted octanol–water partition coefficient (Wildman–Crippen LogP) is 8.73. The number of carbonyl (C=O) groups excluding carboxylic acids is 5. The van der Waals surface area contributed by atoms with Gasteiger partial charge in [0.1, 0.15) is 23.0 Å². The van der Waals surface area contributed by atoms with Crippen LogP contribution in [0.15, 0.2) is 97.3 Å². The van der Waals surface area contributed by atoms with Crippen LogP contribution in [0.3, 0.4) is 0 Å². The van der Waals surface area contributed by atoms with Gasteiger partial charge in [-0.15, -0.1) is 11.3 Å². The number of hydrogen-bond donors (Lipinski definition) is 0. The third-order valence-electron chi connectivity index (χ3n) is 8.22. The van der Waals surface area contributed by atoms with Crippen molar-refractivity contribution in [2.45, 2.75) is 39.5 Å². The van der Waals surface area contributed by atoms with Crippen LogP contribution in [0.1, 0.15) is 65.1 Å². The lowest BCUT2D eigenvalue weighted by Gasteiger charge is -2.26. The maximum atomic E-state index is 13.3. The zero-order valence-corrected chi connectivity index (χ0v) is 30.3. The molecule has 1 fully saturated rings. The van der Waals surface area contributed by atoms with E-state index in [4.69, 9.17) is 30.5 Å². The lowest BCUT2D eigenvalue weighted by Crippen LogP contribution is -2.30. The first-order valence-electron chi connectivity index (χ1n) is 16.4. The van der Waals surface area contributed by atoms with Crippen molar-refractivity contribution in [1.82, 2.24) is 0 Å². The number of esters is 3. The molecule has 3 aromatic carbocycles. The molecule has 10 nitrogen and oxygen atoms in total. The molecule has 0 spiro atoms. The highest BCUT2D eigenvalue weighted by molar-refractivity contribution is 7.18.